The molecule has 0 aromatic carbocycles. The quantitative estimate of drug-likeness (QED) is 0.0169. The van der Waals surface area contributed by atoms with E-state index in [1.54, 1.807) is 0 Å². The van der Waals surface area contributed by atoms with Gasteiger partial charge in [-0.05, 0) is 57.3 Å². The molecule has 0 saturated carbocycles. The molecule has 620 valence electrons. The van der Waals surface area contributed by atoms with E-state index in [2.05, 4.69) is 58.9 Å². The SMILES string of the molecule is CCCCCC/C=C\C=C/CCCCCCCC(=O)O[C@H](COC(=O)CCCCCCCCCCCCCC)COP(=O)(O)OC[C@H](O)COP(=O)(O)OC[C@@H](COC(=O)CCCCCCCCCCCCCCCC(C)C)OC(=O)CCCCCCCCCCCCCCCCCCCCCCCC. The van der Waals surface area contributed by atoms with Crippen LogP contribution < -0.4 is 0 Å². The zero-order valence-electron chi connectivity index (χ0n) is 68.4. The average molecular weight is 1530 g/mol. The summed E-state index contributed by atoms with van der Waals surface area (Å²) in [6.07, 6.45) is 74.4. The smallest absolute Gasteiger partial charge is 0.462 e. The molecule has 17 nitrogen and oxygen atoms in total. The van der Waals surface area contributed by atoms with E-state index in [0.29, 0.717) is 25.7 Å². The van der Waals surface area contributed by atoms with Gasteiger partial charge in [-0.25, -0.2) is 9.13 Å². The lowest BCUT2D eigenvalue weighted by molar-refractivity contribution is -0.161. The van der Waals surface area contributed by atoms with Crippen LogP contribution in [0.4, 0.5) is 0 Å². The maximum Gasteiger partial charge on any atom is 0.472 e. The number of aliphatic hydroxyl groups excluding tert-OH is 1. The Hall–Kier alpha value is -2.46. The lowest BCUT2D eigenvalue weighted by Gasteiger charge is -2.21. The Bertz CT molecular complexity index is 2090. The van der Waals surface area contributed by atoms with Gasteiger partial charge >= 0.3 is 39.5 Å². The largest absolute Gasteiger partial charge is 0.472 e. The van der Waals surface area contributed by atoms with Crippen LogP contribution >= 0.6 is 15.6 Å². The molecule has 105 heavy (non-hydrogen) atoms. The normalized spacial score (nSPS) is 13.9. The summed E-state index contributed by atoms with van der Waals surface area (Å²) in [7, 11) is -9.94. The summed E-state index contributed by atoms with van der Waals surface area (Å²) in [6.45, 7) is 7.31. The van der Waals surface area contributed by atoms with Gasteiger partial charge in [0.1, 0.15) is 19.3 Å². The van der Waals surface area contributed by atoms with Crippen LogP contribution in [0.5, 0.6) is 0 Å². The molecule has 0 aliphatic rings. The summed E-state index contributed by atoms with van der Waals surface area (Å²) in [5.74, 6) is -1.34. The van der Waals surface area contributed by atoms with E-state index in [0.717, 1.165) is 109 Å². The van der Waals surface area contributed by atoms with Gasteiger partial charge < -0.3 is 33.8 Å². The van der Waals surface area contributed by atoms with Crippen molar-refractivity contribution in [3.8, 4) is 0 Å². The molecule has 0 heterocycles. The Morgan fingerprint density at radius 3 is 0.781 bits per heavy atom. The first kappa shape index (κ1) is 103. The number of hydrogen-bond acceptors (Lipinski definition) is 15. The van der Waals surface area contributed by atoms with Crippen LogP contribution in [0.2, 0.25) is 0 Å². The molecule has 0 amide bonds. The van der Waals surface area contributed by atoms with E-state index in [1.807, 2.05) is 0 Å². The number of phosphoric acid groups is 2. The fourth-order valence-electron chi connectivity index (χ4n) is 12.9. The van der Waals surface area contributed by atoms with Crippen LogP contribution in [0.25, 0.3) is 0 Å². The summed E-state index contributed by atoms with van der Waals surface area (Å²) < 4.78 is 68.8. The molecule has 0 radical (unpaired) electrons. The predicted octanol–water partition coefficient (Wildman–Crippen LogP) is 25.9. The number of hydrogen-bond donors (Lipinski definition) is 3. The number of rotatable bonds is 84. The fourth-order valence-corrected chi connectivity index (χ4v) is 14.5. The van der Waals surface area contributed by atoms with E-state index in [-0.39, 0.29) is 25.7 Å². The number of phosphoric ester groups is 2. The van der Waals surface area contributed by atoms with Gasteiger partial charge in [0.15, 0.2) is 12.2 Å². The van der Waals surface area contributed by atoms with Crippen molar-refractivity contribution in [2.24, 2.45) is 5.92 Å². The summed E-state index contributed by atoms with van der Waals surface area (Å²) in [4.78, 5) is 73.2. The molecular formula is C86H164O17P2. The Morgan fingerprint density at radius 1 is 0.295 bits per heavy atom. The number of allylic oxidation sites excluding steroid dienone is 4. The van der Waals surface area contributed by atoms with Gasteiger partial charge in [-0.3, -0.25) is 37.3 Å². The Balaban J connectivity index is 5.26. The van der Waals surface area contributed by atoms with Crippen molar-refractivity contribution in [1.82, 2.24) is 0 Å². The number of ether oxygens (including phenoxy) is 4. The molecule has 0 aromatic heterocycles. The Labute approximate surface area is 643 Å². The maximum atomic E-state index is 13.1. The molecule has 0 rings (SSSR count). The van der Waals surface area contributed by atoms with E-state index < -0.39 is 97.5 Å². The van der Waals surface area contributed by atoms with Gasteiger partial charge in [0.25, 0.3) is 0 Å². The van der Waals surface area contributed by atoms with Crippen LogP contribution in [0.15, 0.2) is 24.3 Å². The second kappa shape index (κ2) is 78.2. The van der Waals surface area contributed by atoms with Crippen LogP contribution in [-0.2, 0) is 65.4 Å². The molecule has 0 bridgehead atoms. The standard InChI is InChI=1S/C86H164O17P2/c1-6-9-12-15-18-21-24-27-29-30-31-32-33-34-35-37-41-47-52-57-62-67-72-86(91)103-82(76-97-84(89)70-65-60-55-50-45-42-38-39-43-48-53-58-63-68-79(4)5)78-101-105(94,95)99-74-80(87)73-98-104(92,93)100-77-81(75-96-83(88)69-64-59-54-49-44-26-23-20-17-14-11-8-3)102-85(90)71-66-61-56-51-46-40-36-28-25-22-19-16-13-10-7-2/h22,25,28,36,79-82,87H,6-21,23-24,26-27,29-35,37-78H2,1-5H3,(H,92,93)(H,94,95)/b25-22-,36-28-/t80-,81+,82+/m0/s1. The first-order chi connectivity index (χ1) is 51.0. The topological polar surface area (TPSA) is 237 Å². The van der Waals surface area contributed by atoms with Crippen LogP contribution in [0.1, 0.15) is 439 Å². The lowest BCUT2D eigenvalue weighted by atomic mass is 10.0. The van der Waals surface area contributed by atoms with E-state index in [9.17, 15) is 43.2 Å². The number of carbonyl (C=O) groups excluding carboxylic acids is 4. The minimum absolute atomic E-state index is 0.0858. The number of aliphatic hydroxyl groups is 1. The molecule has 3 N–H and O–H groups in total. The van der Waals surface area contributed by atoms with Crippen molar-refractivity contribution < 1.29 is 80.2 Å². The zero-order chi connectivity index (χ0) is 76.9. The summed E-state index contributed by atoms with van der Waals surface area (Å²) >= 11 is 0. The fraction of sp³-hybridized carbons (Fsp3) is 0.907. The van der Waals surface area contributed by atoms with Gasteiger partial charge in [0.2, 0.25) is 0 Å². The molecule has 5 atom stereocenters. The summed E-state index contributed by atoms with van der Waals surface area (Å²) in [5, 5.41) is 10.7. The van der Waals surface area contributed by atoms with Gasteiger partial charge in [0, 0.05) is 25.7 Å². The third-order valence-electron chi connectivity index (χ3n) is 19.7. The monoisotopic (exact) mass is 1530 g/mol. The van der Waals surface area contributed by atoms with E-state index in [1.165, 1.54) is 250 Å². The van der Waals surface area contributed by atoms with Gasteiger partial charge in [-0.15, -0.1) is 0 Å². The number of esters is 4. The highest BCUT2D eigenvalue weighted by Crippen LogP contribution is 2.45. The highest BCUT2D eigenvalue weighted by molar-refractivity contribution is 7.47. The Morgan fingerprint density at radius 2 is 0.514 bits per heavy atom. The van der Waals surface area contributed by atoms with Gasteiger partial charge in [-0.1, -0.05) is 386 Å². The average Bonchev–Trinajstić information content (AvgIpc) is 0.913. The first-order valence-corrected chi connectivity index (χ1v) is 46.9. The van der Waals surface area contributed by atoms with Crippen molar-refractivity contribution in [2.75, 3.05) is 39.6 Å². The number of carbonyl (C=O) groups is 4. The van der Waals surface area contributed by atoms with Crippen LogP contribution in [0.3, 0.4) is 0 Å². The van der Waals surface area contributed by atoms with Crippen molar-refractivity contribution in [2.45, 2.75) is 457 Å². The molecule has 19 heteroatoms. The molecule has 0 fully saturated rings. The van der Waals surface area contributed by atoms with Crippen molar-refractivity contribution >= 4 is 39.5 Å². The minimum atomic E-state index is -4.97. The molecule has 0 aliphatic carbocycles. The molecule has 0 aromatic rings. The Kier molecular flexibility index (Phi) is 76.4. The zero-order valence-corrected chi connectivity index (χ0v) is 70.1. The second-order valence-electron chi connectivity index (χ2n) is 30.7. The van der Waals surface area contributed by atoms with Gasteiger partial charge in [-0.2, -0.15) is 0 Å². The highest BCUT2D eigenvalue weighted by Gasteiger charge is 2.30. The minimum Gasteiger partial charge on any atom is -0.462 e. The van der Waals surface area contributed by atoms with E-state index in [4.69, 9.17) is 37.0 Å². The predicted molar refractivity (Wildman–Crippen MR) is 432 cm³/mol. The van der Waals surface area contributed by atoms with Crippen LogP contribution in [0, 0.1) is 5.92 Å². The first-order valence-electron chi connectivity index (χ1n) is 44.0. The van der Waals surface area contributed by atoms with E-state index >= 15 is 0 Å². The third-order valence-corrected chi connectivity index (χ3v) is 21.6. The van der Waals surface area contributed by atoms with Crippen molar-refractivity contribution in [3.63, 3.8) is 0 Å². The van der Waals surface area contributed by atoms with Gasteiger partial charge in [0.05, 0.1) is 26.4 Å². The second-order valence-corrected chi connectivity index (χ2v) is 33.6. The summed E-state index contributed by atoms with van der Waals surface area (Å²) in [6, 6.07) is 0. The molecule has 0 spiro atoms. The highest BCUT2D eigenvalue weighted by atomic mass is 31.2. The summed E-state index contributed by atoms with van der Waals surface area (Å²) in [5.41, 5.74) is 0. The van der Waals surface area contributed by atoms with Crippen molar-refractivity contribution in [1.29, 1.82) is 0 Å². The molecular weight excluding hydrogens is 1370 g/mol. The maximum absolute atomic E-state index is 13.1. The molecule has 2 unspecified atom stereocenters. The number of unbranched alkanes of at least 4 members (excludes halogenated alkanes) is 53. The van der Waals surface area contributed by atoms with Crippen LogP contribution in [-0.4, -0.2) is 96.7 Å². The van der Waals surface area contributed by atoms with Crippen molar-refractivity contribution in [3.05, 3.63) is 24.3 Å². The molecule has 0 aliphatic heterocycles. The third kappa shape index (κ3) is 79.4. The molecule has 0 saturated heterocycles. The lowest BCUT2D eigenvalue weighted by Crippen LogP contribution is -2.30.